The van der Waals surface area contributed by atoms with E-state index in [1.807, 2.05) is 0 Å². The van der Waals surface area contributed by atoms with Gasteiger partial charge in [0.15, 0.2) is 0 Å². The van der Waals surface area contributed by atoms with Gasteiger partial charge in [0.1, 0.15) is 0 Å². The second-order valence-corrected chi connectivity index (χ2v) is 4.51. The van der Waals surface area contributed by atoms with Crippen LogP contribution in [0.3, 0.4) is 0 Å². The zero-order chi connectivity index (χ0) is 11.5. The summed E-state index contributed by atoms with van der Waals surface area (Å²) in [7, 11) is 0. The molecule has 1 aliphatic rings. The second-order valence-electron chi connectivity index (χ2n) is 4.51. The van der Waals surface area contributed by atoms with Gasteiger partial charge < -0.3 is 15.7 Å². The van der Waals surface area contributed by atoms with E-state index in [-0.39, 0.29) is 12.6 Å². The number of aliphatic hydroxyl groups excluding tert-OH is 1. The molecule has 1 unspecified atom stereocenters. The van der Waals surface area contributed by atoms with Gasteiger partial charge in [-0.25, -0.2) is 0 Å². The van der Waals surface area contributed by atoms with Crippen LogP contribution in [-0.4, -0.2) is 24.3 Å². The Morgan fingerprint density at radius 3 is 3.00 bits per heavy atom. The van der Waals surface area contributed by atoms with Crippen LogP contribution < -0.4 is 10.6 Å². The van der Waals surface area contributed by atoms with Gasteiger partial charge in [-0.3, -0.25) is 0 Å². The van der Waals surface area contributed by atoms with E-state index in [1.165, 1.54) is 16.8 Å². The van der Waals surface area contributed by atoms with Crippen LogP contribution in [0.1, 0.15) is 24.0 Å². The van der Waals surface area contributed by atoms with E-state index in [0.29, 0.717) is 6.54 Å². The summed E-state index contributed by atoms with van der Waals surface area (Å²) < 4.78 is 0. The van der Waals surface area contributed by atoms with Gasteiger partial charge in [-0.05, 0) is 37.0 Å². The SMILES string of the molecule is Cc1ccc(CN)c(N2CCCC2CO)c1. The Hall–Kier alpha value is -1.06. The Labute approximate surface area is 96.9 Å². The van der Waals surface area contributed by atoms with Crippen molar-refractivity contribution in [2.24, 2.45) is 5.73 Å². The smallest absolute Gasteiger partial charge is 0.0635 e. The fraction of sp³-hybridized carbons (Fsp3) is 0.538. The number of aliphatic hydroxyl groups is 1. The third-order valence-corrected chi connectivity index (χ3v) is 3.36. The number of nitrogens with zero attached hydrogens (tertiary/aromatic N) is 1. The largest absolute Gasteiger partial charge is 0.394 e. The van der Waals surface area contributed by atoms with Gasteiger partial charge in [-0.2, -0.15) is 0 Å². The van der Waals surface area contributed by atoms with Gasteiger partial charge in [0.2, 0.25) is 0 Å². The first kappa shape index (κ1) is 11.4. The number of benzene rings is 1. The molecule has 1 saturated heterocycles. The average molecular weight is 220 g/mol. The third kappa shape index (κ3) is 2.06. The van der Waals surface area contributed by atoms with Crippen molar-refractivity contribution >= 4 is 5.69 Å². The molecule has 1 fully saturated rings. The summed E-state index contributed by atoms with van der Waals surface area (Å²) in [5.41, 5.74) is 9.39. The molecule has 1 aromatic carbocycles. The molecule has 16 heavy (non-hydrogen) atoms. The Morgan fingerprint density at radius 1 is 1.50 bits per heavy atom. The number of aryl methyl sites for hydroxylation is 1. The third-order valence-electron chi connectivity index (χ3n) is 3.36. The molecule has 0 aromatic heterocycles. The molecule has 3 N–H and O–H groups in total. The Balaban J connectivity index is 2.34. The van der Waals surface area contributed by atoms with Gasteiger partial charge in [0, 0.05) is 18.8 Å². The molecule has 1 heterocycles. The molecule has 1 aromatic rings. The highest BCUT2D eigenvalue weighted by molar-refractivity contribution is 5.57. The highest BCUT2D eigenvalue weighted by Crippen LogP contribution is 2.29. The van der Waals surface area contributed by atoms with Gasteiger partial charge in [-0.15, -0.1) is 0 Å². The zero-order valence-electron chi connectivity index (χ0n) is 9.82. The normalized spacial score (nSPS) is 20.4. The molecule has 1 aliphatic heterocycles. The molecule has 0 spiro atoms. The quantitative estimate of drug-likeness (QED) is 0.810. The predicted octanol–water partition coefficient (Wildman–Crippen LogP) is 1.41. The van der Waals surface area contributed by atoms with Crippen molar-refractivity contribution in [1.29, 1.82) is 0 Å². The molecule has 0 radical (unpaired) electrons. The summed E-state index contributed by atoms with van der Waals surface area (Å²) in [6, 6.07) is 6.63. The number of anilines is 1. The van der Waals surface area contributed by atoms with Gasteiger partial charge >= 0.3 is 0 Å². The molecule has 0 bridgehead atoms. The van der Waals surface area contributed by atoms with Crippen LogP contribution in [0.4, 0.5) is 5.69 Å². The van der Waals surface area contributed by atoms with Crippen LogP contribution >= 0.6 is 0 Å². The van der Waals surface area contributed by atoms with Crippen molar-refractivity contribution < 1.29 is 5.11 Å². The van der Waals surface area contributed by atoms with Crippen molar-refractivity contribution in [2.75, 3.05) is 18.1 Å². The van der Waals surface area contributed by atoms with E-state index in [1.54, 1.807) is 0 Å². The maximum atomic E-state index is 9.36. The summed E-state index contributed by atoms with van der Waals surface area (Å²) in [4.78, 5) is 2.30. The van der Waals surface area contributed by atoms with Gasteiger partial charge in [0.05, 0.1) is 12.6 Å². The second kappa shape index (κ2) is 4.85. The molecule has 3 nitrogen and oxygen atoms in total. The maximum Gasteiger partial charge on any atom is 0.0635 e. The van der Waals surface area contributed by atoms with E-state index in [0.717, 1.165) is 19.4 Å². The summed E-state index contributed by atoms with van der Waals surface area (Å²) in [5.74, 6) is 0. The van der Waals surface area contributed by atoms with Crippen molar-refractivity contribution in [3.63, 3.8) is 0 Å². The lowest BCUT2D eigenvalue weighted by Gasteiger charge is -2.27. The van der Waals surface area contributed by atoms with Crippen LogP contribution in [0.2, 0.25) is 0 Å². The lowest BCUT2D eigenvalue weighted by molar-refractivity contribution is 0.266. The number of rotatable bonds is 3. The van der Waals surface area contributed by atoms with Crippen LogP contribution in [0.5, 0.6) is 0 Å². The summed E-state index contributed by atoms with van der Waals surface area (Å²) in [5, 5.41) is 9.36. The first-order chi connectivity index (χ1) is 7.76. The van der Waals surface area contributed by atoms with Crippen molar-refractivity contribution in [1.82, 2.24) is 0 Å². The minimum Gasteiger partial charge on any atom is -0.394 e. The van der Waals surface area contributed by atoms with Crippen molar-refractivity contribution in [3.05, 3.63) is 29.3 Å². The molecule has 0 saturated carbocycles. The van der Waals surface area contributed by atoms with Crippen LogP contribution in [-0.2, 0) is 6.54 Å². The van der Waals surface area contributed by atoms with E-state index in [4.69, 9.17) is 5.73 Å². The van der Waals surface area contributed by atoms with Crippen molar-refractivity contribution in [2.45, 2.75) is 32.4 Å². The van der Waals surface area contributed by atoms with Gasteiger partial charge in [0.25, 0.3) is 0 Å². The highest BCUT2D eigenvalue weighted by atomic mass is 16.3. The van der Waals surface area contributed by atoms with E-state index in [9.17, 15) is 5.11 Å². The fourth-order valence-electron chi connectivity index (χ4n) is 2.46. The first-order valence-electron chi connectivity index (χ1n) is 5.93. The number of hydrogen-bond donors (Lipinski definition) is 2. The monoisotopic (exact) mass is 220 g/mol. The molecule has 2 rings (SSSR count). The lowest BCUT2D eigenvalue weighted by atomic mass is 10.1. The predicted molar refractivity (Wildman–Crippen MR) is 66.5 cm³/mol. The van der Waals surface area contributed by atoms with Gasteiger partial charge in [-0.1, -0.05) is 12.1 Å². The Bertz CT molecular complexity index is 365. The summed E-state index contributed by atoms with van der Waals surface area (Å²) in [6.07, 6.45) is 2.23. The standard InChI is InChI=1S/C13H20N2O/c1-10-4-5-11(8-14)13(7-10)15-6-2-3-12(15)9-16/h4-5,7,12,16H,2-3,6,8-9,14H2,1H3. The zero-order valence-corrected chi connectivity index (χ0v) is 9.82. The van der Waals surface area contributed by atoms with Crippen molar-refractivity contribution in [3.8, 4) is 0 Å². The molecular formula is C13H20N2O. The molecule has 0 amide bonds. The average Bonchev–Trinajstić information content (AvgIpc) is 2.76. The van der Waals surface area contributed by atoms with Crippen LogP contribution in [0.15, 0.2) is 18.2 Å². The minimum atomic E-state index is 0.234. The molecular weight excluding hydrogens is 200 g/mol. The number of nitrogens with two attached hydrogens (primary N) is 1. The van der Waals surface area contributed by atoms with Crippen LogP contribution in [0, 0.1) is 6.92 Å². The summed E-state index contributed by atoms with van der Waals surface area (Å²) in [6.45, 7) is 3.91. The van der Waals surface area contributed by atoms with E-state index < -0.39 is 0 Å². The molecule has 0 aliphatic carbocycles. The fourth-order valence-corrected chi connectivity index (χ4v) is 2.46. The summed E-state index contributed by atoms with van der Waals surface area (Å²) >= 11 is 0. The van der Waals surface area contributed by atoms with Crippen LogP contribution in [0.25, 0.3) is 0 Å². The van der Waals surface area contributed by atoms with E-state index >= 15 is 0 Å². The minimum absolute atomic E-state index is 0.234. The highest BCUT2D eigenvalue weighted by Gasteiger charge is 2.25. The first-order valence-corrected chi connectivity index (χ1v) is 5.93. The topological polar surface area (TPSA) is 49.5 Å². The Morgan fingerprint density at radius 2 is 2.31 bits per heavy atom. The maximum absolute atomic E-state index is 9.36. The Kier molecular flexibility index (Phi) is 3.46. The lowest BCUT2D eigenvalue weighted by Crippen LogP contribution is -2.33. The molecule has 3 heteroatoms. The van der Waals surface area contributed by atoms with E-state index in [2.05, 4.69) is 30.0 Å². The molecule has 88 valence electrons. The molecule has 1 atom stereocenters. The number of hydrogen-bond acceptors (Lipinski definition) is 3.